The minimum absolute atomic E-state index is 0.0373. The number of halogens is 1. The number of likely N-dealkylation sites (N-methyl/N-ethyl adjacent to an activating group) is 1. The van der Waals surface area contributed by atoms with E-state index in [0.717, 1.165) is 12.1 Å². The van der Waals surface area contributed by atoms with Crippen molar-refractivity contribution < 1.29 is 9.53 Å². The molecule has 1 aliphatic heterocycles. The van der Waals surface area contributed by atoms with E-state index in [4.69, 9.17) is 16.3 Å². The fraction of sp³-hybridized carbons (Fsp3) is 0.538. The van der Waals surface area contributed by atoms with Crippen molar-refractivity contribution in [2.24, 2.45) is 0 Å². The second-order valence-corrected chi connectivity index (χ2v) is 5.06. The lowest BCUT2D eigenvalue weighted by Gasteiger charge is -2.26. The Hall–Kier alpha value is -1.13. The molecule has 0 spiro atoms. The average molecular weight is 269 g/mol. The maximum Gasteiger partial charge on any atom is 0.254 e. The lowest BCUT2D eigenvalue weighted by atomic mass is 10.1. The van der Waals surface area contributed by atoms with Crippen LogP contribution in [0.1, 0.15) is 29.4 Å². The second kappa shape index (κ2) is 5.24. The lowest BCUT2D eigenvalue weighted by molar-refractivity contribution is 0.0574. The van der Waals surface area contributed by atoms with Gasteiger partial charge in [-0.05, 0) is 32.4 Å². The molecule has 2 atom stereocenters. The Balaban J connectivity index is 2.19. The van der Waals surface area contributed by atoms with Gasteiger partial charge >= 0.3 is 0 Å². The van der Waals surface area contributed by atoms with Gasteiger partial charge in [0, 0.05) is 24.9 Å². The predicted molar refractivity (Wildman–Crippen MR) is 69.9 cm³/mol. The van der Waals surface area contributed by atoms with Crippen LogP contribution in [0.2, 0.25) is 5.15 Å². The van der Waals surface area contributed by atoms with Gasteiger partial charge in [0.25, 0.3) is 5.91 Å². The Bertz CT molecular complexity index is 444. The van der Waals surface area contributed by atoms with Crippen molar-refractivity contribution in [3.63, 3.8) is 0 Å². The molecule has 1 fully saturated rings. The minimum Gasteiger partial charge on any atom is -0.376 e. The number of aromatic nitrogens is 1. The van der Waals surface area contributed by atoms with Crippen molar-refractivity contribution in [1.82, 2.24) is 9.88 Å². The molecular weight excluding hydrogens is 252 g/mol. The Kier molecular flexibility index (Phi) is 3.88. The van der Waals surface area contributed by atoms with Gasteiger partial charge in [0.1, 0.15) is 5.15 Å². The van der Waals surface area contributed by atoms with Gasteiger partial charge in [-0.2, -0.15) is 0 Å². The molecule has 0 saturated carbocycles. The molecule has 1 saturated heterocycles. The van der Waals surface area contributed by atoms with Gasteiger partial charge in [-0.1, -0.05) is 11.6 Å². The van der Waals surface area contributed by atoms with E-state index in [-0.39, 0.29) is 18.1 Å². The number of hydrogen-bond donors (Lipinski definition) is 0. The van der Waals surface area contributed by atoms with Crippen molar-refractivity contribution in [3.8, 4) is 0 Å². The topological polar surface area (TPSA) is 42.4 Å². The van der Waals surface area contributed by atoms with Gasteiger partial charge in [0.05, 0.1) is 12.1 Å². The molecule has 98 valence electrons. The summed E-state index contributed by atoms with van der Waals surface area (Å²) in [5.41, 5.74) is 1.32. The summed E-state index contributed by atoms with van der Waals surface area (Å²) in [6, 6.07) is 3.49. The number of amides is 1. The SMILES string of the molecule is Cc1cc(C(=O)N(C)C2CCOC2C)cc(Cl)n1. The van der Waals surface area contributed by atoms with Crippen LogP contribution in [0.5, 0.6) is 0 Å². The molecule has 18 heavy (non-hydrogen) atoms. The van der Waals surface area contributed by atoms with Gasteiger partial charge in [0.2, 0.25) is 0 Å². The van der Waals surface area contributed by atoms with Crippen LogP contribution in [0.25, 0.3) is 0 Å². The second-order valence-electron chi connectivity index (χ2n) is 4.67. The van der Waals surface area contributed by atoms with Crippen LogP contribution in [-0.4, -0.2) is 41.6 Å². The largest absolute Gasteiger partial charge is 0.376 e. The molecule has 0 radical (unpaired) electrons. The van der Waals surface area contributed by atoms with Crippen LogP contribution in [-0.2, 0) is 4.74 Å². The summed E-state index contributed by atoms with van der Waals surface area (Å²) in [6.45, 7) is 4.52. The molecule has 1 amide bonds. The minimum atomic E-state index is -0.0373. The molecule has 4 nitrogen and oxygen atoms in total. The highest BCUT2D eigenvalue weighted by molar-refractivity contribution is 6.29. The molecule has 5 heteroatoms. The summed E-state index contributed by atoms with van der Waals surface area (Å²) in [5.74, 6) is -0.0373. The number of aryl methyl sites for hydroxylation is 1. The zero-order chi connectivity index (χ0) is 13.3. The van der Waals surface area contributed by atoms with Crippen molar-refractivity contribution in [2.45, 2.75) is 32.4 Å². The highest BCUT2D eigenvalue weighted by atomic mass is 35.5. The Morgan fingerprint density at radius 3 is 2.83 bits per heavy atom. The summed E-state index contributed by atoms with van der Waals surface area (Å²) in [5, 5.41) is 0.350. The highest BCUT2D eigenvalue weighted by Crippen LogP contribution is 2.21. The maximum atomic E-state index is 12.4. The van der Waals surface area contributed by atoms with Crippen LogP contribution >= 0.6 is 11.6 Å². The molecule has 0 bridgehead atoms. The zero-order valence-electron chi connectivity index (χ0n) is 10.8. The molecule has 2 unspecified atom stereocenters. The number of carbonyl (C=O) groups excluding carboxylic acids is 1. The van der Waals surface area contributed by atoms with Crippen LogP contribution < -0.4 is 0 Å². The number of carbonyl (C=O) groups is 1. The third-order valence-electron chi connectivity index (χ3n) is 3.32. The van der Waals surface area contributed by atoms with E-state index in [1.165, 1.54) is 0 Å². The smallest absolute Gasteiger partial charge is 0.254 e. The normalized spacial score (nSPS) is 23.1. The molecule has 0 N–H and O–H groups in total. The van der Waals surface area contributed by atoms with Gasteiger partial charge in [0.15, 0.2) is 0 Å². The number of rotatable bonds is 2. The number of ether oxygens (including phenoxy) is 1. The van der Waals surface area contributed by atoms with Gasteiger partial charge in [-0.3, -0.25) is 4.79 Å². The van der Waals surface area contributed by atoms with Crippen molar-refractivity contribution in [2.75, 3.05) is 13.7 Å². The Morgan fingerprint density at radius 1 is 1.56 bits per heavy atom. The Morgan fingerprint density at radius 2 is 2.28 bits per heavy atom. The molecule has 2 rings (SSSR count). The summed E-state index contributed by atoms with van der Waals surface area (Å²) in [7, 11) is 1.81. The third-order valence-corrected chi connectivity index (χ3v) is 3.52. The standard InChI is InChI=1S/C13H17ClN2O2/c1-8-6-10(7-12(14)15-8)13(17)16(3)11-4-5-18-9(11)2/h6-7,9,11H,4-5H2,1-3H3. The van der Waals surface area contributed by atoms with Gasteiger partial charge in [-0.15, -0.1) is 0 Å². The third kappa shape index (κ3) is 2.65. The summed E-state index contributed by atoms with van der Waals surface area (Å²) in [4.78, 5) is 18.2. The first-order valence-corrected chi connectivity index (χ1v) is 6.40. The summed E-state index contributed by atoms with van der Waals surface area (Å²) in [6.07, 6.45) is 0.957. The molecule has 0 aromatic carbocycles. The first kappa shape index (κ1) is 13.3. The summed E-state index contributed by atoms with van der Waals surface area (Å²) >= 11 is 5.88. The van der Waals surface area contributed by atoms with Crippen LogP contribution in [0.3, 0.4) is 0 Å². The van der Waals surface area contributed by atoms with Crippen molar-refractivity contribution in [1.29, 1.82) is 0 Å². The molecule has 0 aliphatic carbocycles. The van der Waals surface area contributed by atoms with Crippen molar-refractivity contribution >= 4 is 17.5 Å². The fourth-order valence-corrected chi connectivity index (χ4v) is 2.59. The molecular formula is C13H17ClN2O2. The molecule has 2 heterocycles. The van der Waals surface area contributed by atoms with Crippen molar-refractivity contribution in [3.05, 3.63) is 28.5 Å². The molecule has 1 aliphatic rings. The Labute approximate surface area is 112 Å². The van der Waals surface area contributed by atoms with Crippen LogP contribution in [0.4, 0.5) is 0 Å². The van der Waals surface area contributed by atoms with E-state index in [9.17, 15) is 4.79 Å². The van der Waals surface area contributed by atoms with E-state index in [1.807, 2.05) is 20.9 Å². The van der Waals surface area contributed by atoms with Crippen LogP contribution in [0.15, 0.2) is 12.1 Å². The lowest BCUT2D eigenvalue weighted by Crippen LogP contribution is -2.41. The van der Waals surface area contributed by atoms with E-state index >= 15 is 0 Å². The number of hydrogen-bond acceptors (Lipinski definition) is 3. The molecule has 1 aromatic rings. The zero-order valence-corrected chi connectivity index (χ0v) is 11.6. The van der Waals surface area contributed by atoms with Gasteiger partial charge in [-0.25, -0.2) is 4.98 Å². The molecule has 1 aromatic heterocycles. The maximum absolute atomic E-state index is 12.4. The quantitative estimate of drug-likeness (QED) is 0.773. The van der Waals surface area contributed by atoms with Gasteiger partial charge < -0.3 is 9.64 Å². The monoisotopic (exact) mass is 268 g/mol. The summed E-state index contributed by atoms with van der Waals surface area (Å²) < 4.78 is 5.49. The van der Waals surface area contributed by atoms with E-state index < -0.39 is 0 Å². The number of pyridine rings is 1. The first-order chi connectivity index (χ1) is 8.49. The fourth-order valence-electron chi connectivity index (χ4n) is 2.33. The van der Waals surface area contributed by atoms with E-state index in [0.29, 0.717) is 17.3 Å². The number of nitrogens with zero attached hydrogens (tertiary/aromatic N) is 2. The van der Waals surface area contributed by atoms with E-state index in [2.05, 4.69) is 4.98 Å². The predicted octanol–water partition coefficient (Wildman–Crippen LogP) is 2.29. The average Bonchev–Trinajstić information content (AvgIpc) is 2.72. The van der Waals surface area contributed by atoms with Crippen LogP contribution in [0, 0.1) is 6.92 Å². The highest BCUT2D eigenvalue weighted by Gasteiger charge is 2.31. The van der Waals surface area contributed by atoms with E-state index in [1.54, 1.807) is 17.0 Å². The first-order valence-electron chi connectivity index (χ1n) is 6.02.